The van der Waals surface area contributed by atoms with Gasteiger partial charge in [0.05, 0.1) is 22.6 Å². The number of hydrogen-bond donors (Lipinski definition) is 0. The molecule has 0 saturated heterocycles. The monoisotopic (exact) mass is 707 g/mol. The van der Waals surface area contributed by atoms with Gasteiger partial charge < -0.3 is 9.80 Å². The minimum Gasteiger partial charge on any atom is -0.310 e. The minimum absolute atomic E-state index is 0.225. The van der Waals surface area contributed by atoms with Crippen LogP contribution >= 0.6 is 0 Å². The zero-order valence-corrected chi connectivity index (χ0v) is 33.4. The number of hydrogen-bond acceptors (Lipinski definition) is 2. The van der Waals surface area contributed by atoms with Crippen LogP contribution in [-0.2, 0) is 5.41 Å². The molecule has 1 aliphatic carbocycles. The van der Waals surface area contributed by atoms with Crippen LogP contribution in [0.15, 0.2) is 158 Å². The lowest BCUT2D eigenvalue weighted by molar-refractivity contribution is 0.661. The molecule has 0 spiro atoms. The number of nitrogens with zero attached hydrogens (tertiary/aromatic N) is 2. The van der Waals surface area contributed by atoms with E-state index in [2.05, 4.69) is 214 Å². The van der Waals surface area contributed by atoms with E-state index in [1.54, 1.807) is 0 Å². The molecular weight excluding hydrogens is 661 g/mol. The van der Waals surface area contributed by atoms with E-state index < -0.39 is 16.9 Å². The van der Waals surface area contributed by atoms with Crippen molar-refractivity contribution in [3.63, 3.8) is 0 Å². The zero-order valence-electron chi connectivity index (χ0n) is 31.4. The van der Waals surface area contributed by atoms with Gasteiger partial charge in [0.25, 0.3) is 0 Å². The van der Waals surface area contributed by atoms with Gasteiger partial charge in [-0.25, -0.2) is 0 Å². The molecule has 0 heterocycles. The quantitative estimate of drug-likeness (QED) is 0.145. The Labute approximate surface area is 312 Å². The fourth-order valence-corrected chi connectivity index (χ4v) is 9.96. The first kappa shape index (κ1) is 33.9. The van der Waals surface area contributed by atoms with Gasteiger partial charge in [-0.05, 0) is 94.4 Å². The molecule has 4 heteroatoms. The van der Waals surface area contributed by atoms with Crippen molar-refractivity contribution < 1.29 is 0 Å². The predicted molar refractivity (Wildman–Crippen MR) is 231 cm³/mol. The molecule has 0 unspecified atom stereocenters. The molecule has 0 aliphatic heterocycles. The number of fused-ring (bicyclic) bond motifs is 5. The van der Waals surface area contributed by atoms with Crippen molar-refractivity contribution in [3.05, 3.63) is 169 Å². The lowest BCUT2D eigenvalue weighted by Crippen LogP contribution is -2.37. The highest BCUT2D eigenvalue weighted by Crippen LogP contribution is 2.55. The second-order valence-electron chi connectivity index (χ2n) is 15.9. The molecule has 0 atom stereocenters. The molecule has 0 amide bonds. The van der Waals surface area contributed by atoms with Crippen molar-refractivity contribution in [1.82, 2.24) is 0 Å². The first-order valence-corrected chi connectivity index (χ1v) is 24.4. The maximum Gasteiger partial charge on any atom is 0.0791 e. The summed E-state index contributed by atoms with van der Waals surface area (Å²) in [7, 11) is -1.97. The van der Waals surface area contributed by atoms with Crippen molar-refractivity contribution in [2.75, 3.05) is 9.80 Å². The van der Waals surface area contributed by atoms with E-state index in [1.807, 2.05) is 0 Å². The van der Waals surface area contributed by atoms with Gasteiger partial charge in [0.15, 0.2) is 0 Å². The SMILES string of the molecule is C[Si](C)c1ccc(N(c2ccccc2)c2ccc3c(c2)C(C)(C)c2cc(N(c4ccccc4)c4ccc([Si](C)(C)C)cc4)c4ccccc4c2-3)cc1. The van der Waals surface area contributed by atoms with Crippen molar-refractivity contribution in [1.29, 1.82) is 0 Å². The fourth-order valence-electron chi connectivity index (χ4n) is 7.96. The summed E-state index contributed by atoms with van der Waals surface area (Å²) in [5, 5.41) is 5.47. The maximum absolute atomic E-state index is 2.49. The molecule has 0 N–H and O–H groups in total. The Balaban J connectivity index is 1.31. The highest BCUT2D eigenvalue weighted by atomic mass is 28.3. The third-order valence-corrected chi connectivity index (χ3v) is 14.4. The largest absolute Gasteiger partial charge is 0.310 e. The van der Waals surface area contributed by atoms with E-state index in [0.29, 0.717) is 0 Å². The first-order valence-electron chi connectivity index (χ1n) is 18.4. The van der Waals surface area contributed by atoms with E-state index >= 15 is 0 Å². The van der Waals surface area contributed by atoms with Crippen LogP contribution in [-0.4, -0.2) is 16.9 Å². The molecule has 0 aromatic heterocycles. The van der Waals surface area contributed by atoms with Crippen molar-refractivity contribution in [2.45, 2.75) is 52.0 Å². The smallest absolute Gasteiger partial charge is 0.0791 e. The fraction of sp³-hybridized carbons (Fsp3) is 0.167. The first-order chi connectivity index (χ1) is 25.0. The van der Waals surface area contributed by atoms with E-state index in [-0.39, 0.29) is 5.41 Å². The summed E-state index contributed by atoms with van der Waals surface area (Å²) >= 11 is 0. The Morgan fingerprint density at radius 1 is 0.481 bits per heavy atom. The maximum atomic E-state index is 2.49. The van der Waals surface area contributed by atoms with E-state index in [4.69, 9.17) is 0 Å². The standard InChI is InChI=1S/C48H47N2Si2/c1-48(2)44-32-38(49(34-16-10-8-11-17-34)36-22-27-39(28-23-36)51(3)4)26-31-43(44)47-42-21-15-14-20-41(42)46(33-45(47)48)50(35-18-12-9-13-19-35)37-24-29-40(30-25-37)52(5,6)7/h8-33H,1-7H3. The zero-order chi connectivity index (χ0) is 36.2. The van der Waals surface area contributed by atoms with Crippen LogP contribution in [0.25, 0.3) is 21.9 Å². The molecule has 0 saturated carbocycles. The predicted octanol–water partition coefficient (Wildman–Crippen LogP) is 12.6. The van der Waals surface area contributed by atoms with Gasteiger partial charge >= 0.3 is 0 Å². The third-order valence-electron chi connectivity index (χ3n) is 10.9. The number of rotatable bonds is 8. The second kappa shape index (κ2) is 13.1. The Bertz CT molecular complexity index is 2370. The van der Waals surface area contributed by atoms with Crippen LogP contribution in [0.5, 0.6) is 0 Å². The lowest BCUT2D eigenvalue weighted by atomic mass is 9.81. The average Bonchev–Trinajstić information content (AvgIpc) is 3.38. The van der Waals surface area contributed by atoms with Crippen LogP contribution in [0.2, 0.25) is 32.7 Å². The molecule has 52 heavy (non-hydrogen) atoms. The molecule has 2 nitrogen and oxygen atoms in total. The van der Waals surface area contributed by atoms with Gasteiger partial charge in [-0.3, -0.25) is 0 Å². The number of para-hydroxylation sites is 2. The average molecular weight is 708 g/mol. The van der Waals surface area contributed by atoms with Crippen LogP contribution in [0, 0.1) is 0 Å². The van der Waals surface area contributed by atoms with Crippen LogP contribution in [0.4, 0.5) is 34.1 Å². The second-order valence-corrected chi connectivity index (χ2v) is 23.6. The van der Waals surface area contributed by atoms with Crippen LogP contribution < -0.4 is 20.2 Å². The Morgan fingerprint density at radius 2 is 0.981 bits per heavy atom. The molecule has 8 rings (SSSR count). The molecule has 0 bridgehead atoms. The number of anilines is 6. The van der Waals surface area contributed by atoms with Crippen LogP contribution in [0.3, 0.4) is 0 Å². The molecular formula is C48H47N2Si2. The molecule has 0 fully saturated rings. The van der Waals surface area contributed by atoms with E-state index in [1.165, 1.54) is 66.1 Å². The number of benzene rings is 7. The van der Waals surface area contributed by atoms with Crippen molar-refractivity contribution in [3.8, 4) is 11.1 Å². The molecule has 1 radical (unpaired) electrons. The Morgan fingerprint density at radius 3 is 1.58 bits per heavy atom. The van der Waals surface area contributed by atoms with Crippen LogP contribution in [0.1, 0.15) is 25.0 Å². The van der Waals surface area contributed by atoms with E-state index in [9.17, 15) is 0 Å². The highest BCUT2D eigenvalue weighted by molar-refractivity contribution is 6.88. The normalized spacial score (nSPS) is 13.2. The summed E-state index contributed by atoms with van der Waals surface area (Å²) in [6.07, 6.45) is 0. The van der Waals surface area contributed by atoms with Gasteiger partial charge in [-0.2, -0.15) is 0 Å². The molecule has 257 valence electrons. The topological polar surface area (TPSA) is 6.48 Å². The van der Waals surface area contributed by atoms with Gasteiger partial charge in [-0.1, -0.05) is 148 Å². The van der Waals surface area contributed by atoms with E-state index in [0.717, 1.165) is 11.4 Å². The highest BCUT2D eigenvalue weighted by Gasteiger charge is 2.38. The Kier molecular flexibility index (Phi) is 8.56. The van der Waals surface area contributed by atoms with Gasteiger partial charge in [0, 0.05) is 39.2 Å². The van der Waals surface area contributed by atoms with Gasteiger partial charge in [0.1, 0.15) is 0 Å². The summed E-state index contributed by atoms with van der Waals surface area (Å²) in [5.74, 6) is 0. The molecule has 1 aliphatic rings. The summed E-state index contributed by atoms with van der Waals surface area (Å²) in [6, 6.07) is 58.8. The third kappa shape index (κ3) is 5.90. The Hall–Kier alpha value is -5.17. The van der Waals surface area contributed by atoms with Crippen molar-refractivity contribution in [2.24, 2.45) is 0 Å². The van der Waals surface area contributed by atoms with Gasteiger partial charge in [-0.15, -0.1) is 0 Å². The summed E-state index contributed by atoms with van der Waals surface area (Å²) < 4.78 is 0. The van der Waals surface area contributed by atoms with Gasteiger partial charge in [0.2, 0.25) is 0 Å². The summed E-state index contributed by atoms with van der Waals surface area (Å²) in [4.78, 5) is 4.87. The van der Waals surface area contributed by atoms with Crippen molar-refractivity contribution >= 4 is 72.1 Å². The summed E-state index contributed by atoms with van der Waals surface area (Å²) in [5.41, 5.74) is 12.2. The minimum atomic E-state index is -1.45. The summed E-state index contributed by atoms with van der Waals surface area (Å²) in [6.45, 7) is 16.8. The lowest BCUT2D eigenvalue weighted by Gasteiger charge is -2.30. The molecule has 7 aromatic rings. The molecule has 7 aromatic carbocycles.